The van der Waals surface area contributed by atoms with Crippen LogP contribution in [0.2, 0.25) is 0 Å². The van der Waals surface area contributed by atoms with Crippen molar-refractivity contribution in [2.24, 2.45) is 0 Å². The fourth-order valence-electron chi connectivity index (χ4n) is 2.23. The van der Waals surface area contributed by atoms with Crippen molar-refractivity contribution in [1.29, 1.82) is 0 Å². The minimum absolute atomic E-state index is 0.0134. The van der Waals surface area contributed by atoms with Crippen LogP contribution in [0, 0.1) is 0 Å². The molecule has 0 radical (unpaired) electrons. The maximum absolute atomic E-state index is 12.1. The van der Waals surface area contributed by atoms with Gasteiger partial charge in [-0.05, 0) is 36.2 Å². The van der Waals surface area contributed by atoms with Crippen LogP contribution >= 0.6 is 0 Å². The van der Waals surface area contributed by atoms with E-state index in [9.17, 15) is 4.79 Å². The molecule has 0 aliphatic heterocycles. The third-order valence-corrected chi connectivity index (χ3v) is 3.38. The van der Waals surface area contributed by atoms with Gasteiger partial charge < -0.3 is 11.1 Å². The van der Waals surface area contributed by atoms with Gasteiger partial charge in [0.1, 0.15) is 0 Å². The standard InChI is InChI=1S/C16H16N4O/c17-12-7-4-11(5-8-12)6-9-16(21)19-14-2-1-3-15-13(14)10-18-20-15/h1-5,7-8,10H,6,9,17H2,(H,18,20)(H,19,21). The summed E-state index contributed by atoms with van der Waals surface area (Å²) in [7, 11) is 0. The predicted molar refractivity (Wildman–Crippen MR) is 83.9 cm³/mol. The van der Waals surface area contributed by atoms with Gasteiger partial charge >= 0.3 is 0 Å². The van der Waals surface area contributed by atoms with Crippen LogP contribution in [0.1, 0.15) is 12.0 Å². The van der Waals surface area contributed by atoms with Crippen molar-refractivity contribution >= 4 is 28.2 Å². The molecule has 0 fully saturated rings. The molecule has 5 heteroatoms. The topological polar surface area (TPSA) is 83.8 Å². The second kappa shape index (κ2) is 5.66. The third kappa shape index (κ3) is 3.02. The molecule has 1 heterocycles. The van der Waals surface area contributed by atoms with Crippen molar-refractivity contribution in [3.8, 4) is 0 Å². The number of fused-ring (bicyclic) bond motifs is 1. The van der Waals surface area contributed by atoms with Crippen molar-refractivity contribution < 1.29 is 4.79 Å². The van der Waals surface area contributed by atoms with E-state index in [1.165, 1.54) is 0 Å². The van der Waals surface area contributed by atoms with Gasteiger partial charge in [0.15, 0.2) is 0 Å². The molecular formula is C16H16N4O. The highest BCUT2D eigenvalue weighted by molar-refractivity contribution is 6.00. The smallest absolute Gasteiger partial charge is 0.224 e. The summed E-state index contributed by atoms with van der Waals surface area (Å²) in [4.78, 5) is 12.1. The Morgan fingerprint density at radius 3 is 2.81 bits per heavy atom. The SMILES string of the molecule is Nc1ccc(CCC(=O)Nc2cccc3[nH]ncc23)cc1. The number of amides is 1. The van der Waals surface area contributed by atoms with Crippen molar-refractivity contribution in [2.75, 3.05) is 11.1 Å². The van der Waals surface area contributed by atoms with Gasteiger partial charge in [-0.15, -0.1) is 0 Å². The Kier molecular flexibility index (Phi) is 3.55. The van der Waals surface area contributed by atoms with Crippen LogP contribution in [0.5, 0.6) is 0 Å². The van der Waals surface area contributed by atoms with Crippen LogP contribution in [0.25, 0.3) is 10.9 Å². The summed E-state index contributed by atoms with van der Waals surface area (Å²) in [6, 6.07) is 13.3. The Labute approximate surface area is 122 Å². The number of hydrogen-bond donors (Lipinski definition) is 3. The highest BCUT2D eigenvalue weighted by Gasteiger charge is 2.07. The molecule has 2 aromatic carbocycles. The Bertz CT molecular complexity index is 761. The van der Waals surface area contributed by atoms with Crippen LogP contribution in [-0.2, 0) is 11.2 Å². The third-order valence-electron chi connectivity index (χ3n) is 3.38. The molecule has 0 saturated carbocycles. The second-order valence-electron chi connectivity index (χ2n) is 4.93. The molecule has 0 bridgehead atoms. The summed E-state index contributed by atoms with van der Waals surface area (Å²) < 4.78 is 0. The Morgan fingerprint density at radius 1 is 1.19 bits per heavy atom. The van der Waals surface area contributed by atoms with Gasteiger partial charge in [-0.1, -0.05) is 18.2 Å². The lowest BCUT2D eigenvalue weighted by Gasteiger charge is -2.06. The number of carbonyl (C=O) groups is 1. The molecule has 3 aromatic rings. The van der Waals surface area contributed by atoms with Crippen molar-refractivity contribution in [1.82, 2.24) is 10.2 Å². The van der Waals surface area contributed by atoms with E-state index in [2.05, 4.69) is 15.5 Å². The number of anilines is 2. The van der Waals surface area contributed by atoms with E-state index >= 15 is 0 Å². The summed E-state index contributed by atoms with van der Waals surface area (Å²) in [5.41, 5.74) is 9.16. The van der Waals surface area contributed by atoms with Gasteiger partial charge in [0.25, 0.3) is 0 Å². The van der Waals surface area contributed by atoms with Crippen LogP contribution < -0.4 is 11.1 Å². The number of nitrogens with two attached hydrogens (primary N) is 1. The zero-order valence-electron chi connectivity index (χ0n) is 11.5. The number of benzene rings is 2. The van der Waals surface area contributed by atoms with E-state index in [0.29, 0.717) is 12.8 Å². The Morgan fingerprint density at radius 2 is 2.00 bits per heavy atom. The molecule has 0 atom stereocenters. The molecule has 3 rings (SSSR count). The fourth-order valence-corrected chi connectivity index (χ4v) is 2.23. The predicted octanol–water partition coefficient (Wildman–Crippen LogP) is 2.72. The van der Waals surface area contributed by atoms with E-state index in [-0.39, 0.29) is 5.91 Å². The highest BCUT2D eigenvalue weighted by atomic mass is 16.1. The Hall–Kier alpha value is -2.82. The minimum Gasteiger partial charge on any atom is -0.399 e. The molecule has 0 unspecified atom stereocenters. The van der Waals surface area contributed by atoms with Gasteiger partial charge in [0.2, 0.25) is 5.91 Å². The lowest BCUT2D eigenvalue weighted by Crippen LogP contribution is -2.12. The lowest BCUT2D eigenvalue weighted by molar-refractivity contribution is -0.116. The van der Waals surface area contributed by atoms with E-state index in [4.69, 9.17) is 5.73 Å². The number of nitrogens with zero attached hydrogens (tertiary/aromatic N) is 1. The average Bonchev–Trinajstić information content (AvgIpc) is 2.96. The first kappa shape index (κ1) is 13.2. The maximum Gasteiger partial charge on any atom is 0.224 e. The van der Waals surface area contributed by atoms with Crippen molar-refractivity contribution in [3.05, 3.63) is 54.2 Å². The van der Waals surface area contributed by atoms with Crippen LogP contribution in [0.3, 0.4) is 0 Å². The molecule has 1 aromatic heterocycles. The Balaban J connectivity index is 1.64. The number of nitrogens with one attached hydrogen (secondary N) is 2. The number of hydrogen-bond acceptors (Lipinski definition) is 3. The molecule has 4 N–H and O–H groups in total. The molecule has 0 aliphatic rings. The maximum atomic E-state index is 12.1. The van der Waals surface area contributed by atoms with Gasteiger partial charge in [0, 0.05) is 17.5 Å². The molecule has 21 heavy (non-hydrogen) atoms. The number of aryl methyl sites for hydroxylation is 1. The summed E-state index contributed by atoms with van der Waals surface area (Å²) in [5, 5.41) is 10.7. The molecule has 106 valence electrons. The number of nitrogen functional groups attached to an aromatic ring is 1. The zero-order chi connectivity index (χ0) is 14.7. The van der Waals surface area contributed by atoms with E-state index in [1.54, 1.807) is 6.20 Å². The summed E-state index contributed by atoms with van der Waals surface area (Å²) >= 11 is 0. The van der Waals surface area contributed by atoms with E-state index in [1.807, 2.05) is 42.5 Å². The molecule has 0 saturated heterocycles. The minimum atomic E-state index is -0.0134. The number of aromatic nitrogens is 2. The largest absolute Gasteiger partial charge is 0.399 e. The fraction of sp³-hybridized carbons (Fsp3) is 0.125. The normalized spacial score (nSPS) is 10.7. The van der Waals surface area contributed by atoms with Crippen molar-refractivity contribution in [3.63, 3.8) is 0 Å². The number of carbonyl (C=O) groups excluding carboxylic acids is 1. The van der Waals surface area contributed by atoms with Crippen molar-refractivity contribution in [2.45, 2.75) is 12.8 Å². The monoisotopic (exact) mass is 280 g/mol. The van der Waals surface area contributed by atoms with Gasteiger partial charge in [-0.25, -0.2) is 0 Å². The molecule has 0 spiro atoms. The quantitative estimate of drug-likeness (QED) is 0.642. The summed E-state index contributed by atoms with van der Waals surface area (Å²) in [5.74, 6) is -0.0134. The van der Waals surface area contributed by atoms with Gasteiger partial charge in [-0.2, -0.15) is 5.10 Å². The first-order chi connectivity index (χ1) is 10.2. The molecule has 5 nitrogen and oxygen atoms in total. The second-order valence-corrected chi connectivity index (χ2v) is 4.93. The lowest BCUT2D eigenvalue weighted by atomic mass is 10.1. The molecule has 1 amide bonds. The first-order valence-electron chi connectivity index (χ1n) is 6.79. The van der Waals surface area contributed by atoms with Crippen LogP contribution in [0.4, 0.5) is 11.4 Å². The average molecular weight is 280 g/mol. The number of aromatic amines is 1. The van der Waals surface area contributed by atoms with Gasteiger partial charge in [-0.3, -0.25) is 9.89 Å². The summed E-state index contributed by atoms with van der Waals surface area (Å²) in [6.07, 6.45) is 2.83. The van der Waals surface area contributed by atoms with Crippen LogP contribution in [-0.4, -0.2) is 16.1 Å². The van der Waals surface area contributed by atoms with Crippen LogP contribution in [0.15, 0.2) is 48.7 Å². The number of rotatable bonds is 4. The van der Waals surface area contributed by atoms with Gasteiger partial charge in [0.05, 0.1) is 17.4 Å². The zero-order valence-corrected chi connectivity index (χ0v) is 11.5. The number of H-pyrrole nitrogens is 1. The van der Waals surface area contributed by atoms with E-state index < -0.39 is 0 Å². The first-order valence-corrected chi connectivity index (χ1v) is 6.79. The molecule has 0 aliphatic carbocycles. The highest BCUT2D eigenvalue weighted by Crippen LogP contribution is 2.21. The summed E-state index contributed by atoms with van der Waals surface area (Å²) in [6.45, 7) is 0. The van der Waals surface area contributed by atoms with E-state index in [0.717, 1.165) is 27.8 Å². The molecular weight excluding hydrogens is 264 g/mol.